The van der Waals surface area contributed by atoms with Gasteiger partial charge in [-0.05, 0) is 30.9 Å². The van der Waals surface area contributed by atoms with Crippen molar-refractivity contribution >= 4 is 40.8 Å². The van der Waals surface area contributed by atoms with Crippen molar-refractivity contribution in [2.45, 2.75) is 27.4 Å². The van der Waals surface area contributed by atoms with Crippen molar-refractivity contribution in [1.29, 1.82) is 0 Å². The Labute approximate surface area is 142 Å². The molecule has 1 aromatic heterocycles. The van der Waals surface area contributed by atoms with E-state index in [0.717, 1.165) is 20.0 Å². The third kappa shape index (κ3) is 4.89. The highest BCUT2D eigenvalue weighted by Gasteiger charge is 2.16. The summed E-state index contributed by atoms with van der Waals surface area (Å²) in [5, 5.41) is 10.8. The van der Waals surface area contributed by atoms with Crippen LogP contribution in [0.15, 0.2) is 32.9 Å². The number of amides is 1. The molecule has 22 heavy (non-hydrogen) atoms. The summed E-state index contributed by atoms with van der Waals surface area (Å²) < 4.78 is 6.83. The predicted octanol–water partition coefficient (Wildman–Crippen LogP) is 3.07. The van der Waals surface area contributed by atoms with E-state index in [1.165, 1.54) is 23.1 Å². The molecule has 0 bridgehead atoms. The molecule has 118 valence electrons. The lowest BCUT2D eigenvalue weighted by atomic mass is 10.2. The zero-order chi connectivity index (χ0) is 15.9. The van der Waals surface area contributed by atoms with Gasteiger partial charge >= 0.3 is 0 Å². The van der Waals surface area contributed by atoms with E-state index in [1.807, 2.05) is 37.4 Å². The molecule has 1 aromatic carbocycles. The Bertz CT molecular complexity index is 616. The van der Waals surface area contributed by atoms with Crippen LogP contribution in [0.25, 0.3) is 0 Å². The second kappa shape index (κ2) is 8.40. The van der Waals surface area contributed by atoms with Gasteiger partial charge in [-0.25, -0.2) is 0 Å². The maximum absolute atomic E-state index is 12.1. The number of carbonyl (C=O) groups excluding carboxylic acids is 1. The first-order chi connectivity index (χ1) is 10.6. The molecule has 0 aliphatic rings. The fraction of sp³-hybridized carbons (Fsp3) is 0.357. The lowest BCUT2D eigenvalue weighted by Gasteiger charge is -2.10. The summed E-state index contributed by atoms with van der Waals surface area (Å²) in [6.45, 7) is 2.37. The van der Waals surface area contributed by atoms with Crippen LogP contribution in [0.1, 0.15) is 12.5 Å². The van der Waals surface area contributed by atoms with Crippen molar-refractivity contribution < 1.29 is 9.53 Å². The maximum atomic E-state index is 12.1. The average Bonchev–Trinajstić information content (AvgIpc) is 3.00. The van der Waals surface area contributed by atoms with Crippen molar-refractivity contribution in [2.75, 3.05) is 13.4 Å². The van der Waals surface area contributed by atoms with E-state index in [0.29, 0.717) is 6.54 Å². The highest BCUT2D eigenvalue weighted by molar-refractivity contribution is 8.03. The number of carbonyl (C=O) groups is 1. The molecule has 1 amide bonds. The van der Waals surface area contributed by atoms with E-state index in [1.54, 1.807) is 18.9 Å². The minimum atomic E-state index is -0.207. The Morgan fingerprint density at radius 3 is 2.59 bits per heavy atom. The van der Waals surface area contributed by atoms with E-state index in [4.69, 9.17) is 4.74 Å². The first-order valence-corrected chi connectivity index (χ1v) is 9.49. The van der Waals surface area contributed by atoms with Gasteiger partial charge < -0.3 is 10.1 Å². The lowest BCUT2D eigenvalue weighted by Crippen LogP contribution is -2.30. The molecule has 5 nitrogen and oxygen atoms in total. The third-order valence-corrected chi connectivity index (χ3v) is 5.92. The first kappa shape index (κ1) is 17.1. The number of thioether (sulfide) groups is 2. The van der Waals surface area contributed by atoms with Crippen molar-refractivity contribution in [1.82, 2.24) is 15.5 Å². The molecule has 0 saturated heterocycles. The normalized spacial score (nSPS) is 12.0. The Balaban J connectivity index is 1.82. The minimum Gasteiger partial charge on any atom is -0.497 e. The number of aromatic nitrogens is 2. The van der Waals surface area contributed by atoms with Crippen LogP contribution in [0.5, 0.6) is 5.75 Å². The predicted molar refractivity (Wildman–Crippen MR) is 91.8 cm³/mol. The summed E-state index contributed by atoms with van der Waals surface area (Å²) in [6, 6.07) is 7.63. The number of hydrogen-bond donors (Lipinski definition) is 1. The zero-order valence-corrected chi connectivity index (χ0v) is 15.0. The second-order valence-corrected chi connectivity index (χ2v) is 7.98. The molecule has 1 heterocycles. The molecule has 1 N–H and O–H groups in total. The quantitative estimate of drug-likeness (QED) is 0.770. The van der Waals surface area contributed by atoms with Gasteiger partial charge in [0.25, 0.3) is 0 Å². The molecule has 0 fully saturated rings. The van der Waals surface area contributed by atoms with Crippen molar-refractivity contribution in [3.8, 4) is 5.75 Å². The summed E-state index contributed by atoms with van der Waals surface area (Å²) in [5.41, 5.74) is 1.03. The lowest BCUT2D eigenvalue weighted by molar-refractivity contribution is -0.120. The van der Waals surface area contributed by atoms with Crippen LogP contribution in [-0.2, 0) is 11.3 Å². The van der Waals surface area contributed by atoms with Crippen LogP contribution in [0.3, 0.4) is 0 Å². The summed E-state index contributed by atoms with van der Waals surface area (Å²) in [4.78, 5) is 12.1. The van der Waals surface area contributed by atoms with Crippen LogP contribution >= 0.6 is 34.9 Å². The van der Waals surface area contributed by atoms with Crippen molar-refractivity contribution in [3.05, 3.63) is 29.8 Å². The number of ether oxygens (including phenoxy) is 1. The number of nitrogens with zero attached hydrogens (tertiary/aromatic N) is 2. The van der Waals surface area contributed by atoms with Crippen LogP contribution in [0, 0.1) is 0 Å². The average molecular weight is 356 g/mol. The first-order valence-electron chi connectivity index (χ1n) is 6.57. The van der Waals surface area contributed by atoms with Gasteiger partial charge in [-0.15, -0.1) is 10.2 Å². The van der Waals surface area contributed by atoms with Crippen LogP contribution in [-0.4, -0.2) is 34.7 Å². The van der Waals surface area contributed by atoms with Gasteiger partial charge in [-0.2, -0.15) is 0 Å². The van der Waals surface area contributed by atoms with Gasteiger partial charge in [0, 0.05) is 6.54 Å². The van der Waals surface area contributed by atoms with Gasteiger partial charge in [0.2, 0.25) is 5.91 Å². The highest BCUT2D eigenvalue weighted by Crippen LogP contribution is 2.30. The molecule has 0 unspecified atom stereocenters. The van der Waals surface area contributed by atoms with Gasteiger partial charge in [-0.3, -0.25) is 4.79 Å². The van der Waals surface area contributed by atoms with E-state index in [2.05, 4.69) is 15.5 Å². The standard InChI is InChI=1S/C14H17N3O2S3/c1-9(21-14-17-16-13(20-3)22-14)12(18)15-8-10-4-6-11(19-2)7-5-10/h4-7,9H,8H2,1-3H3,(H,15,18)/t9-/m0/s1. The molecule has 2 aromatic rings. The van der Waals surface area contributed by atoms with E-state index in [9.17, 15) is 4.79 Å². The molecular weight excluding hydrogens is 338 g/mol. The Morgan fingerprint density at radius 1 is 1.32 bits per heavy atom. The summed E-state index contributed by atoms with van der Waals surface area (Å²) in [6.07, 6.45) is 1.96. The Kier molecular flexibility index (Phi) is 6.53. The van der Waals surface area contributed by atoms with Gasteiger partial charge in [-0.1, -0.05) is 47.0 Å². The number of methoxy groups -OCH3 is 1. The molecule has 0 aliphatic carbocycles. The number of hydrogen-bond acceptors (Lipinski definition) is 7. The SMILES string of the molecule is COc1ccc(CNC(=O)[C@H](C)Sc2nnc(SC)s2)cc1. The second-order valence-electron chi connectivity index (χ2n) is 4.36. The maximum Gasteiger partial charge on any atom is 0.233 e. The third-order valence-electron chi connectivity index (χ3n) is 2.84. The topological polar surface area (TPSA) is 64.1 Å². The fourth-order valence-electron chi connectivity index (χ4n) is 1.61. The summed E-state index contributed by atoms with van der Waals surface area (Å²) in [7, 11) is 1.63. The molecule has 0 aliphatic heterocycles. The number of nitrogens with one attached hydrogen (secondary N) is 1. The molecule has 0 saturated carbocycles. The van der Waals surface area contributed by atoms with Gasteiger partial charge in [0.15, 0.2) is 8.68 Å². The minimum absolute atomic E-state index is 0.0123. The van der Waals surface area contributed by atoms with Crippen LogP contribution in [0.4, 0.5) is 0 Å². The molecule has 8 heteroatoms. The molecule has 1 atom stereocenters. The molecular formula is C14H17N3O2S3. The fourth-order valence-corrected chi connectivity index (χ4v) is 4.21. The van der Waals surface area contributed by atoms with Crippen LogP contribution < -0.4 is 10.1 Å². The summed E-state index contributed by atoms with van der Waals surface area (Å²) >= 11 is 4.49. The van der Waals surface area contributed by atoms with Crippen molar-refractivity contribution in [3.63, 3.8) is 0 Å². The highest BCUT2D eigenvalue weighted by atomic mass is 32.2. The Hall–Kier alpha value is -1.25. The van der Waals surface area contributed by atoms with Gasteiger partial charge in [0.1, 0.15) is 5.75 Å². The number of rotatable bonds is 7. The zero-order valence-electron chi connectivity index (χ0n) is 12.5. The van der Waals surface area contributed by atoms with E-state index < -0.39 is 0 Å². The number of benzene rings is 1. The van der Waals surface area contributed by atoms with E-state index >= 15 is 0 Å². The van der Waals surface area contributed by atoms with Gasteiger partial charge in [0.05, 0.1) is 12.4 Å². The molecule has 0 spiro atoms. The Morgan fingerprint density at radius 2 is 2.00 bits per heavy atom. The van der Waals surface area contributed by atoms with Crippen molar-refractivity contribution in [2.24, 2.45) is 0 Å². The smallest absolute Gasteiger partial charge is 0.233 e. The van der Waals surface area contributed by atoms with E-state index in [-0.39, 0.29) is 11.2 Å². The summed E-state index contributed by atoms with van der Waals surface area (Å²) in [5.74, 6) is 0.793. The monoisotopic (exact) mass is 355 g/mol. The molecule has 2 rings (SSSR count). The van der Waals surface area contributed by atoms with Crippen LogP contribution in [0.2, 0.25) is 0 Å². The molecule has 0 radical (unpaired) electrons. The largest absolute Gasteiger partial charge is 0.497 e.